The van der Waals surface area contributed by atoms with Gasteiger partial charge in [-0.25, -0.2) is 9.18 Å². The van der Waals surface area contributed by atoms with Crippen molar-refractivity contribution in [2.24, 2.45) is 11.5 Å². The van der Waals surface area contributed by atoms with Crippen LogP contribution < -0.4 is 21.7 Å². The molecule has 2 aromatic rings. The van der Waals surface area contributed by atoms with Gasteiger partial charge >= 0.3 is 6.09 Å². The summed E-state index contributed by atoms with van der Waals surface area (Å²) in [6.07, 6.45) is -1.15. The molecule has 1 aliphatic rings. The molecule has 0 bridgehead atoms. The second-order valence-electron chi connectivity index (χ2n) is 8.00. The molecule has 0 unspecified atom stereocenters. The number of hydrogen-bond donors (Lipinski definition) is 3. The highest BCUT2D eigenvalue weighted by atomic mass is 19.1. The first-order valence-corrected chi connectivity index (χ1v) is 10.5. The number of carbonyl (C=O) groups excluding carboxylic acids is 4. The highest BCUT2D eigenvalue weighted by Gasteiger charge is 2.32. The number of cyclic esters (lactones) is 1. The third-order valence-electron chi connectivity index (χ3n) is 5.12. The Hall–Kier alpha value is -3.99. The van der Waals surface area contributed by atoms with Gasteiger partial charge in [0.25, 0.3) is 0 Å². The number of benzene rings is 2. The fourth-order valence-corrected chi connectivity index (χ4v) is 3.71. The molecule has 0 saturated carbocycles. The number of halogens is 1. The number of nitrogens with two attached hydrogens (primary N) is 2. The van der Waals surface area contributed by atoms with Gasteiger partial charge in [-0.2, -0.15) is 0 Å². The molecule has 3 rings (SSSR count). The molecular formula is C23H26FN5O5. The summed E-state index contributed by atoms with van der Waals surface area (Å²) in [5, 5.41) is 2.59. The van der Waals surface area contributed by atoms with Crippen molar-refractivity contribution >= 4 is 29.5 Å². The van der Waals surface area contributed by atoms with Crippen LogP contribution in [0.5, 0.6) is 0 Å². The summed E-state index contributed by atoms with van der Waals surface area (Å²) in [7, 11) is 0. The van der Waals surface area contributed by atoms with E-state index in [0.717, 1.165) is 5.56 Å². The van der Waals surface area contributed by atoms with Gasteiger partial charge in [-0.1, -0.05) is 18.2 Å². The number of nitrogens with zero attached hydrogens (tertiary/aromatic N) is 2. The first kappa shape index (κ1) is 24.6. The Morgan fingerprint density at radius 1 is 1.15 bits per heavy atom. The first-order valence-electron chi connectivity index (χ1n) is 10.5. The largest absolute Gasteiger partial charge is 0.442 e. The van der Waals surface area contributed by atoms with E-state index in [2.05, 4.69) is 5.32 Å². The van der Waals surface area contributed by atoms with E-state index in [-0.39, 0.29) is 38.6 Å². The summed E-state index contributed by atoms with van der Waals surface area (Å²) in [4.78, 5) is 48.6. The average Bonchev–Trinajstić information content (AvgIpc) is 3.12. The maximum atomic E-state index is 15.0. The Balaban J connectivity index is 1.76. The van der Waals surface area contributed by atoms with Crippen LogP contribution in [0.2, 0.25) is 0 Å². The summed E-state index contributed by atoms with van der Waals surface area (Å²) in [5.41, 5.74) is 12.4. The molecular weight excluding hydrogens is 445 g/mol. The highest BCUT2D eigenvalue weighted by Crippen LogP contribution is 2.29. The fraction of sp³-hybridized carbons (Fsp3) is 0.304. The quantitative estimate of drug-likeness (QED) is 0.465. The van der Waals surface area contributed by atoms with Gasteiger partial charge in [-0.05, 0) is 35.4 Å². The van der Waals surface area contributed by atoms with Gasteiger partial charge in [0.15, 0.2) is 0 Å². The van der Waals surface area contributed by atoms with Crippen molar-refractivity contribution < 1.29 is 28.3 Å². The number of hydrogen-bond acceptors (Lipinski definition) is 6. The number of amides is 4. The molecule has 4 amide bonds. The summed E-state index contributed by atoms with van der Waals surface area (Å²) >= 11 is 0. The van der Waals surface area contributed by atoms with Crippen molar-refractivity contribution in [1.82, 2.24) is 10.2 Å². The van der Waals surface area contributed by atoms with Crippen LogP contribution in [-0.2, 0) is 25.7 Å². The minimum atomic E-state index is -0.617. The van der Waals surface area contributed by atoms with Crippen molar-refractivity contribution in [3.8, 4) is 11.1 Å². The molecule has 0 spiro atoms. The van der Waals surface area contributed by atoms with Crippen molar-refractivity contribution in [3.63, 3.8) is 0 Å². The zero-order valence-electron chi connectivity index (χ0n) is 18.6. The van der Waals surface area contributed by atoms with Crippen LogP contribution in [0.4, 0.5) is 14.9 Å². The minimum Gasteiger partial charge on any atom is -0.442 e. The van der Waals surface area contributed by atoms with Crippen LogP contribution in [0, 0.1) is 5.82 Å². The molecule has 1 heterocycles. The Morgan fingerprint density at radius 2 is 1.85 bits per heavy atom. The molecule has 0 aromatic heterocycles. The second-order valence-corrected chi connectivity index (χ2v) is 8.00. The predicted molar refractivity (Wildman–Crippen MR) is 122 cm³/mol. The van der Waals surface area contributed by atoms with Crippen LogP contribution in [0.3, 0.4) is 0 Å². The lowest BCUT2D eigenvalue weighted by Gasteiger charge is -2.19. The van der Waals surface area contributed by atoms with E-state index >= 15 is 4.39 Å². The van der Waals surface area contributed by atoms with E-state index in [4.69, 9.17) is 16.2 Å². The monoisotopic (exact) mass is 471 g/mol. The second kappa shape index (κ2) is 10.8. The lowest BCUT2D eigenvalue weighted by atomic mass is 10.0. The number of carbonyl (C=O) groups is 4. The molecule has 1 saturated heterocycles. The normalized spacial score (nSPS) is 15.3. The predicted octanol–water partition coefficient (Wildman–Crippen LogP) is 0.727. The molecule has 0 radical (unpaired) electrons. The van der Waals surface area contributed by atoms with Gasteiger partial charge in [-0.3, -0.25) is 24.2 Å². The van der Waals surface area contributed by atoms with E-state index in [1.54, 1.807) is 36.4 Å². The Kier molecular flexibility index (Phi) is 7.79. The van der Waals surface area contributed by atoms with E-state index in [1.165, 1.54) is 22.8 Å². The van der Waals surface area contributed by atoms with E-state index in [9.17, 15) is 19.2 Å². The maximum absolute atomic E-state index is 15.0. The molecule has 1 fully saturated rings. The van der Waals surface area contributed by atoms with E-state index in [1.807, 2.05) is 0 Å². The molecule has 11 heteroatoms. The summed E-state index contributed by atoms with van der Waals surface area (Å²) < 4.78 is 20.3. The van der Waals surface area contributed by atoms with Crippen LogP contribution in [0.15, 0.2) is 42.5 Å². The summed E-state index contributed by atoms with van der Waals surface area (Å²) in [6.45, 7) is 1.64. The van der Waals surface area contributed by atoms with E-state index < -0.39 is 29.8 Å². The van der Waals surface area contributed by atoms with Gasteiger partial charge in [0.05, 0.1) is 31.9 Å². The van der Waals surface area contributed by atoms with Crippen molar-refractivity contribution in [3.05, 3.63) is 53.8 Å². The topological polar surface area (TPSA) is 148 Å². The Bertz CT molecular complexity index is 1090. The summed E-state index contributed by atoms with van der Waals surface area (Å²) in [5.74, 6) is -1.98. The van der Waals surface area contributed by atoms with E-state index in [0.29, 0.717) is 16.8 Å². The highest BCUT2D eigenvalue weighted by molar-refractivity contribution is 5.90. The smallest absolute Gasteiger partial charge is 0.414 e. The van der Waals surface area contributed by atoms with Crippen molar-refractivity contribution in [2.45, 2.75) is 19.6 Å². The zero-order valence-corrected chi connectivity index (χ0v) is 18.6. The molecule has 1 atom stereocenters. The number of rotatable bonds is 10. The molecule has 2 aromatic carbocycles. The number of primary amides is 2. The Morgan fingerprint density at radius 3 is 2.47 bits per heavy atom. The standard InChI is InChI=1S/C23H26FN5O5/c1-14(30)27-9-18-11-29(23(33)34-18)17-5-6-19(20(24)8-17)16-4-2-3-15(7-16)10-28(12-21(25)31)13-22(26)32/h2-8,18H,9-13H2,1H3,(H2,25,31)(H2,26,32)(H,27,30)/t18-/m0/s1. The molecule has 34 heavy (non-hydrogen) atoms. The SMILES string of the molecule is CC(=O)NC[C@H]1CN(c2ccc(-c3cccc(CN(CC(N)=O)CC(N)=O)c3)c(F)c2)C(=O)O1. The van der Waals surface area contributed by atoms with Crippen LogP contribution in [0.1, 0.15) is 12.5 Å². The molecule has 0 aliphatic carbocycles. The van der Waals surface area contributed by atoms with Gasteiger partial charge in [0.1, 0.15) is 11.9 Å². The average molecular weight is 471 g/mol. The lowest BCUT2D eigenvalue weighted by molar-refractivity contribution is -0.122. The lowest BCUT2D eigenvalue weighted by Crippen LogP contribution is -2.39. The minimum absolute atomic E-state index is 0.148. The number of ether oxygens (including phenoxy) is 1. The van der Waals surface area contributed by atoms with Crippen molar-refractivity contribution in [2.75, 3.05) is 31.1 Å². The molecule has 1 aliphatic heterocycles. The van der Waals surface area contributed by atoms with Crippen LogP contribution in [0.25, 0.3) is 11.1 Å². The van der Waals surface area contributed by atoms with Crippen LogP contribution in [-0.4, -0.2) is 61.0 Å². The van der Waals surface area contributed by atoms with Gasteiger partial charge < -0.3 is 21.5 Å². The Labute approximate surface area is 195 Å². The number of nitrogens with one attached hydrogen (secondary N) is 1. The third-order valence-corrected chi connectivity index (χ3v) is 5.12. The molecule has 10 nitrogen and oxygen atoms in total. The zero-order chi connectivity index (χ0) is 24.8. The molecule has 180 valence electrons. The van der Waals surface area contributed by atoms with Crippen molar-refractivity contribution in [1.29, 1.82) is 0 Å². The van der Waals surface area contributed by atoms with Gasteiger partial charge in [-0.15, -0.1) is 0 Å². The fourth-order valence-electron chi connectivity index (χ4n) is 3.71. The van der Waals surface area contributed by atoms with Gasteiger partial charge in [0, 0.05) is 19.0 Å². The summed E-state index contributed by atoms with van der Waals surface area (Å²) in [6, 6.07) is 11.4. The first-order chi connectivity index (χ1) is 16.1. The molecule has 5 N–H and O–H groups in total. The number of anilines is 1. The maximum Gasteiger partial charge on any atom is 0.414 e. The van der Waals surface area contributed by atoms with Crippen LogP contribution >= 0.6 is 0 Å². The third kappa shape index (κ3) is 6.51. The van der Waals surface area contributed by atoms with Gasteiger partial charge in [0.2, 0.25) is 17.7 Å².